The highest BCUT2D eigenvalue weighted by molar-refractivity contribution is 9.10. The van der Waals surface area contributed by atoms with E-state index < -0.39 is 0 Å². The molecule has 0 unspecified atom stereocenters. The second-order valence-corrected chi connectivity index (χ2v) is 8.58. The molecule has 0 aliphatic carbocycles. The number of unbranched alkanes of at least 4 members (excludes halogenated alkanes) is 1. The zero-order valence-corrected chi connectivity index (χ0v) is 19.0. The summed E-state index contributed by atoms with van der Waals surface area (Å²) in [4.78, 5) is 17.9. The summed E-state index contributed by atoms with van der Waals surface area (Å²) in [5, 5.41) is 4.41. The first kappa shape index (κ1) is 20.6. The van der Waals surface area contributed by atoms with Gasteiger partial charge in [0.2, 0.25) is 4.96 Å². The van der Waals surface area contributed by atoms with E-state index in [1.165, 1.54) is 15.9 Å². The first-order chi connectivity index (χ1) is 14.6. The largest absolute Gasteiger partial charge is 0.496 e. The molecule has 30 heavy (non-hydrogen) atoms. The van der Waals surface area contributed by atoms with Gasteiger partial charge in [0.1, 0.15) is 11.5 Å². The van der Waals surface area contributed by atoms with Crippen LogP contribution in [-0.2, 0) is 0 Å². The average Bonchev–Trinajstić information content (AvgIpc) is 3.29. The number of hydrogen-bond donors (Lipinski definition) is 0. The Morgan fingerprint density at radius 3 is 2.70 bits per heavy atom. The van der Waals surface area contributed by atoms with Gasteiger partial charge in [0.15, 0.2) is 5.82 Å². The summed E-state index contributed by atoms with van der Waals surface area (Å²) in [6.07, 6.45) is 3.92. The number of thiazole rings is 1. The Morgan fingerprint density at radius 2 is 2.00 bits per heavy atom. The first-order valence-electron chi connectivity index (χ1n) is 9.57. The second-order valence-electron chi connectivity index (χ2n) is 6.66. The highest BCUT2D eigenvalue weighted by Crippen LogP contribution is 2.24. The molecule has 0 bridgehead atoms. The zero-order chi connectivity index (χ0) is 21.1. The SMILES string of the molecule is CCCCOc1ccc(-c2nc3s/c(=C\c4cc(Br)ccc4OC)c(=O)n3n2)cc1. The van der Waals surface area contributed by atoms with E-state index in [9.17, 15) is 4.79 Å². The van der Waals surface area contributed by atoms with Gasteiger partial charge in [-0.15, -0.1) is 5.10 Å². The van der Waals surface area contributed by atoms with Crippen LogP contribution < -0.4 is 19.6 Å². The average molecular weight is 486 g/mol. The van der Waals surface area contributed by atoms with Gasteiger partial charge in [0.25, 0.3) is 5.56 Å². The predicted molar refractivity (Wildman–Crippen MR) is 122 cm³/mol. The molecule has 6 nitrogen and oxygen atoms in total. The fourth-order valence-corrected chi connectivity index (χ4v) is 4.23. The van der Waals surface area contributed by atoms with Crippen molar-refractivity contribution in [2.24, 2.45) is 0 Å². The zero-order valence-electron chi connectivity index (χ0n) is 16.6. The smallest absolute Gasteiger partial charge is 0.291 e. The molecule has 0 spiro atoms. The summed E-state index contributed by atoms with van der Waals surface area (Å²) < 4.78 is 13.9. The van der Waals surface area contributed by atoms with Crippen molar-refractivity contribution in [1.29, 1.82) is 0 Å². The molecule has 0 radical (unpaired) electrons. The molecule has 0 atom stereocenters. The Balaban J connectivity index is 1.65. The lowest BCUT2D eigenvalue weighted by atomic mass is 10.2. The molecule has 2 aromatic heterocycles. The Morgan fingerprint density at radius 1 is 1.20 bits per heavy atom. The minimum absolute atomic E-state index is 0.199. The number of fused-ring (bicyclic) bond motifs is 1. The van der Waals surface area contributed by atoms with Crippen LogP contribution in [0.25, 0.3) is 22.4 Å². The lowest BCUT2D eigenvalue weighted by Gasteiger charge is -2.05. The van der Waals surface area contributed by atoms with Gasteiger partial charge in [-0.2, -0.15) is 9.50 Å². The van der Waals surface area contributed by atoms with Crippen molar-refractivity contribution >= 4 is 38.3 Å². The van der Waals surface area contributed by atoms with Crippen molar-refractivity contribution in [2.75, 3.05) is 13.7 Å². The third-order valence-electron chi connectivity index (χ3n) is 4.54. The van der Waals surface area contributed by atoms with Gasteiger partial charge in [-0.1, -0.05) is 40.6 Å². The molecule has 0 aliphatic rings. The predicted octanol–water partition coefficient (Wildman–Crippen LogP) is 4.32. The first-order valence-corrected chi connectivity index (χ1v) is 11.2. The lowest BCUT2D eigenvalue weighted by Crippen LogP contribution is -2.23. The van der Waals surface area contributed by atoms with Crippen LogP contribution in [0.4, 0.5) is 0 Å². The molecule has 2 heterocycles. The number of ether oxygens (including phenoxy) is 2. The van der Waals surface area contributed by atoms with E-state index >= 15 is 0 Å². The normalized spacial score (nSPS) is 11.9. The monoisotopic (exact) mass is 485 g/mol. The van der Waals surface area contributed by atoms with Crippen LogP contribution in [0.3, 0.4) is 0 Å². The van der Waals surface area contributed by atoms with Crippen molar-refractivity contribution in [3.8, 4) is 22.9 Å². The fraction of sp³-hybridized carbons (Fsp3) is 0.227. The minimum atomic E-state index is -0.199. The van der Waals surface area contributed by atoms with Crippen LogP contribution in [0.2, 0.25) is 0 Å². The summed E-state index contributed by atoms with van der Waals surface area (Å²) in [7, 11) is 1.61. The summed E-state index contributed by atoms with van der Waals surface area (Å²) in [6, 6.07) is 13.3. The van der Waals surface area contributed by atoms with E-state index in [4.69, 9.17) is 9.47 Å². The molecule has 4 aromatic rings. The third kappa shape index (κ3) is 4.24. The minimum Gasteiger partial charge on any atom is -0.496 e. The topological polar surface area (TPSA) is 65.7 Å². The number of nitrogens with zero attached hydrogens (tertiary/aromatic N) is 3. The van der Waals surface area contributed by atoms with Gasteiger partial charge in [0.05, 0.1) is 18.2 Å². The maximum absolute atomic E-state index is 12.8. The number of hydrogen-bond acceptors (Lipinski definition) is 6. The van der Waals surface area contributed by atoms with E-state index in [0.29, 0.717) is 27.7 Å². The molecule has 0 saturated carbocycles. The van der Waals surface area contributed by atoms with Gasteiger partial charge in [-0.3, -0.25) is 4.79 Å². The summed E-state index contributed by atoms with van der Waals surface area (Å²) in [6.45, 7) is 2.83. The van der Waals surface area contributed by atoms with E-state index in [2.05, 4.69) is 32.9 Å². The quantitative estimate of drug-likeness (QED) is 0.364. The number of halogens is 1. The van der Waals surface area contributed by atoms with Crippen LogP contribution in [-0.4, -0.2) is 28.3 Å². The standard InChI is InChI=1S/C22H20BrN3O3S/c1-3-4-11-29-17-8-5-14(6-9-17)20-24-22-26(25-20)21(27)19(30-22)13-15-12-16(23)7-10-18(15)28-2/h5-10,12-13H,3-4,11H2,1-2H3/b19-13-. The van der Waals surface area contributed by atoms with Crippen LogP contribution in [0.1, 0.15) is 25.3 Å². The Labute approximate surface area is 185 Å². The van der Waals surface area contributed by atoms with Gasteiger partial charge >= 0.3 is 0 Å². The highest BCUT2D eigenvalue weighted by Gasteiger charge is 2.13. The maximum Gasteiger partial charge on any atom is 0.291 e. The third-order valence-corrected chi connectivity index (χ3v) is 5.99. The van der Waals surface area contributed by atoms with Crippen molar-refractivity contribution in [2.45, 2.75) is 19.8 Å². The second kappa shape index (κ2) is 8.97. The molecular weight excluding hydrogens is 466 g/mol. The summed E-state index contributed by atoms with van der Waals surface area (Å²) in [5.74, 6) is 2.03. The Kier molecular flexibility index (Phi) is 6.15. The van der Waals surface area contributed by atoms with E-state index in [1.54, 1.807) is 13.2 Å². The van der Waals surface area contributed by atoms with Crippen LogP contribution in [0.15, 0.2) is 51.7 Å². The van der Waals surface area contributed by atoms with Gasteiger partial charge in [-0.05, 0) is 55.0 Å². The number of benzene rings is 2. The number of rotatable bonds is 7. The van der Waals surface area contributed by atoms with Crippen molar-refractivity contribution in [3.05, 3.63) is 67.4 Å². The Bertz CT molecular complexity index is 1280. The van der Waals surface area contributed by atoms with E-state index in [1.807, 2.05) is 42.5 Å². The van der Waals surface area contributed by atoms with Gasteiger partial charge < -0.3 is 9.47 Å². The number of methoxy groups -OCH3 is 1. The molecule has 154 valence electrons. The molecular formula is C22H20BrN3O3S. The van der Waals surface area contributed by atoms with Gasteiger partial charge in [0, 0.05) is 15.6 Å². The molecule has 8 heteroatoms. The summed E-state index contributed by atoms with van der Waals surface area (Å²) >= 11 is 4.76. The van der Waals surface area contributed by atoms with E-state index in [0.717, 1.165) is 34.2 Å². The van der Waals surface area contributed by atoms with Crippen LogP contribution in [0, 0.1) is 0 Å². The molecule has 0 aliphatic heterocycles. The highest BCUT2D eigenvalue weighted by atomic mass is 79.9. The molecule has 0 N–H and O–H groups in total. The molecule has 0 amide bonds. The Hall–Kier alpha value is -2.71. The van der Waals surface area contributed by atoms with Gasteiger partial charge in [-0.25, -0.2) is 0 Å². The van der Waals surface area contributed by atoms with Crippen LogP contribution in [0.5, 0.6) is 11.5 Å². The molecule has 0 saturated heterocycles. The van der Waals surface area contributed by atoms with Crippen molar-refractivity contribution < 1.29 is 9.47 Å². The maximum atomic E-state index is 12.8. The van der Waals surface area contributed by atoms with E-state index in [-0.39, 0.29) is 5.56 Å². The van der Waals surface area contributed by atoms with Crippen LogP contribution >= 0.6 is 27.3 Å². The summed E-state index contributed by atoms with van der Waals surface area (Å²) in [5.41, 5.74) is 1.45. The lowest BCUT2D eigenvalue weighted by molar-refractivity contribution is 0.309. The molecule has 4 rings (SSSR count). The van der Waals surface area contributed by atoms with Crippen molar-refractivity contribution in [1.82, 2.24) is 14.6 Å². The fourth-order valence-electron chi connectivity index (χ4n) is 2.95. The number of aromatic nitrogens is 3. The molecule has 2 aromatic carbocycles. The molecule has 0 fully saturated rings. The van der Waals surface area contributed by atoms with Crippen molar-refractivity contribution in [3.63, 3.8) is 0 Å².